The molecule has 0 spiro atoms. The molecule has 2 heterocycles. The third-order valence-electron chi connectivity index (χ3n) is 4.16. The minimum atomic E-state index is 0.739. The molecule has 0 saturated carbocycles. The SMILES string of the molecule is CSC1CNCC1N1CC(C)C(N(C)C)C1. The van der Waals surface area contributed by atoms with E-state index in [0.717, 1.165) is 23.3 Å². The molecule has 0 aromatic carbocycles. The summed E-state index contributed by atoms with van der Waals surface area (Å²) in [6.07, 6.45) is 2.24. The van der Waals surface area contributed by atoms with Gasteiger partial charge in [0, 0.05) is 43.5 Å². The van der Waals surface area contributed by atoms with Gasteiger partial charge in [-0.15, -0.1) is 0 Å². The zero-order valence-electron chi connectivity index (χ0n) is 10.9. The lowest BCUT2D eigenvalue weighted by Gasteiger charge is -2.28. The lowest BCUT2D eigenvalue weighted by molar-refractivity contribution is 0.227. The van der Waals surface area contributed by atoms with Crippen LogP contribution in [-0.2, 0) is 0 Å². The van der Waals surface area contributed by atoms with E-state index in [4.69, 9.17) is 0 Å². The second-order valence-electron chi connectivity index (χ2n) is 5.46. The van der Waals surface area contributed by atoms with Gasteiger partial charge in [0.15, 0.2) is 0 Å². The van der Waals surface area contributed by atoms with Crippen molar-refractivity contribution in [3.63, 3.8) is 0 Å². The maximum atomic E-state index is 3.53. The topological polar surface area (TPSA) is 18.5 Å². The highest BCUT2D eigenvalue weighted by molar-refractivity contribution is 7.99. The van der Waals surface area contributed by atoms with E-state index in [0.29, 0.717) is 0 Å². The van der Waals surface area contributed by atoms with Gasteiger partial charge in [0.25, 0.3) is 0 Å². The molecule has 0 amide bonds. The standard InChI is InChI=1S/C12H25N3S/c1-9-7-15(8-11(9)14(2)3)10-5-13-6-12(10)16-4/h9-13H,5-8H2,1-4H3. The van der Waals surface area contributed by atoms with Crippen LogP contribution >= 0.6 is 11.8 Å². The molecule has 2 saturated heterocycles. The van der Waals surface area contributed by atoms with Crippen LogP contribution in [0, 0.1) is 5.92 Å². The molecule has 2 aliphatic heterocycles. The van der Waals surface area contributed by atoms with Crippen LogP contribution in [0.15, 0.2) is 0 Å². The number of rotatable bonds is 3. The monoisotopic (exact) mass is 243 g/mol. The lowest BCUT2D eigenvalue weighted by atomic mass is 10.1. The van der Waals surface area contributed by atoms with Crippen LogP contribution in [0.3, 0.4) is 0 Å². The van der Waals surface area contributed by atoms with Crippen LogP contribution in [0.5, 0.6) is 0 Å². The van der Waals surface area contributed by atoms with E-state index in [9.17, 15) is 0 Å². The third-order valence-corrected chi connectivity index (χ3v) is 5.25. The van der Waals surface area contributed by atoms with Crippen molar-refractivity contribution in [1.82, 2.24) is 15.1 Å². The normalized spacial score (nSPS) is 41.1. The Labute approximate surface area is 104 Å². The zero-order valence-corrected chi connectivity index (χ0v) is 11.8. The summed E-state index contributed by atoms with van der Waals surface area (Å²) in [5, 5.41) is 4.32. The van der Waals surface area contributed by atoms with Gasteiger partial charge in [-0.3, -0.25) is 4.90 Å². The number of nitrogens with one attached hydrogen (secondary N) is 1. The fourth-order valence-corrected chi connectivity index (χ4v) is 4.04. The Bertz CT molecular complexity index is 234. The van der Waals surface area contributed by atoms with Gasteiger partial charge < -0.3 is 10.2 Å². The Kier molecular flexibility index (Phi) is 4.16. The number of nitrogens with zero attached hydrogens (tertiary/aromatic N) is 2. The largest absolute Gasteiger partial charge is 0.314 e. The molecule has 3 nitrogen and oxygen atoms in total. The lowest BCUT2D eigenvalue weighted by Crippen LogP contribution is -2.42. The van der Waals surface area contributed by atoms with Gasteiger partial charge in [-0.05, 0) is 26.3 Å². The summed E-state index contributed by atoms with van der Waals surface area (Å²) in [4.78, 5) is 5.09. The van der Waals surface area contributed by atoms with Crippen molar-refractivity contribution in [2.45, 2.75) is 24.3 Å². The smallest absolute Gasteiger partial charge is 0.0352 e. The summed E-state index contributed by atoms with van der Waals surface area (Å²) in [7, 11) is 4.42. The van der Waals surface area contributed by atoms with Gasteiger partial charge in [0.2, 0.25) is 0 Å². The highest BCUT2D eigenvalue weighted by Gasteiger charge is 2.39. The van der Waals surface area contributed by atoms with E-state index in [1.807, 2.05) is 11.8 Å². The average molecular weight is 243 g/mol. The second-order valence-corrected chi connectivity index (χ2v) is 6.54. The van der Waals surface area contributed by atoms with Crippen LogP contribution in [-0.4, -0.2) is 73.7 Å². The highest BCUT2D eigenvalue weighted by Crippen LogP contribution is 2.27. The van der Waals surface area contributed by atoms with Crippen molar-refractivity contribution in [2.24, 2.45) is 5.92 Å². The molecule has 4 atom stereocenters. The van der Waals surface area contributed by atoms with Crippen molar-refractivity contribution >= 4 is 11.8 Å². The van der Waals surface area contributed by atoms with Gasteiger partial charge in [0.05, 0.1) is 0 Å². The van der Waals surface area contributed by atoms with Crippen molar-refractivity contribution in [1.29, 1.82) is 0 Å². The van der Waals surface area contributed by atoms with E-state index in [1.54, 1.807) is 0 Å². The van der Waals surface area contributed by atoms with E-state index in [1.165, 1.54) is 26.2 Å². The molecule has 2 aliphatic rings. The number of likely N-dealkylation sites (N-methyl/N-ethyl adjacent to an activating group) is 1. The summed E-state index contributed by atoms with van der Waals surface area (Å²) in [6, 6.07) is 1.49. The Hall–Kier alpha value is 0.230. The first-order valence-electron chi connectivity index (χ1n) is 6.27. The second kappa shape index (κ2) is 5.25. The van der Waals surface area contributed by atoms with E-state index < -0.39 is 0 Å². The van der Waals surface area contributed by atoms with Crippen LogP contribution in [0.2, 0.25) is 0 Å². The molecule has 2 rings (SSSR count). The Morgan fingerprint density at radius 1 is 1.25 bits per heavy atom. The highest BCUT2D eigenvalue weighted by atomic mass is 32.2. The van der Waals surface area contributed by atoms with Gasteiger partial charge >= 0.3 is 0 Å². The fourth-order valence-electron chi connectivity index (χ4n) is 3.17. The number of hydrogen-bond acceptors (Lipinski definition) is 4. The minimum absolute atomic E-state index is 0.739. The summed E-state index contributed by atoms with van der Waals surface area (Å²) in [6.45, 7) is 7.27. The van der Waals surface area contributed by atoms with E-state index >= 15 is 0 Å². The predicted octanol–water partition coefficient (Wildman–Crippen LogP) is 0.572. The van der Waals surface area contributed by atoms with Gasteiger partial charge in [-0.2, -0.15) is 11.8 Å². The summed E-state index contributed by atoms with van der Waals surface area (Å²) < 4.78 is 0. The first-order chi connectivity index (χ1) is 7.63. The molecular formula is C12H25N3S. The molecule has 1 N–H and O–H groups in total. The molecule has 16 heavy (non-hydrogen) atoms. The molecule has 0 bridgehead atoms. The van der Waals surface area contributed by atoms with Gasteiger partial charge in [-0.25, -0.2) is 0 Å². The van der Waals surface area contributed by atoms with Gasteiger partial charge in [0.1, 0.15) is 0 Å². The van der Waals surface area contributed by atoms with Crippen molar-refractivity contribution < 1.29 is 0 Å². The number of likely N-dealkylation sites (tertiary alicyclic amines) is 1. The molecule has 0 aliphatic carbocycles. The Morgan fingerprint density at radius 2 is 2.00 bits per heavy atom. The summed E-state index contributed by atoms with van der Waals surface area (Å²) in [5.41, 5.74) is 0. The number of thioether (sulfide) groups is 1. The maximum absolute atomic E-state index is 3.53. The fraction of sp³-hybridized carbons (Fsp3) is 1.00. The zero-order chi connectivity index (χ0) is 11.7. The first-order valence-corrected chi connectivity index (χ1v) is 7.56. The van der Waals surface area contributed by atoms with Crippen LogP contribution < -0.4 is 5.32 Å². The van der Waals surface area contributed by atoms with Crippen molar-refractivity contribution in [3.05, 3.63) is 0 Å². The van der Waals surface area contributed by atoms with Crippen molar-refractivity contribution in [3.8, 4) is 0 Å². The molecule has 2 fully saturated rings. The molecular weight excluding hydrogens is 218 g/mol. The average Bonchev–Trinajstić information content (AvgIpc) is 2.82. The van der Waals surface area contributed by atoms with Crippen LogP contribution in [0.1, 0.15) is 6.92 Å². The van der Waals surface area contributed by atoms with Crippen LogP contribution in [0.4, 0.5) is 0 Å². The minimum Gasteiger partial charge on any atom is -0.314 e. The number of hydrogen-bond donors (Lipinski definition) is 1. The molecule has 0 aromatic heterocycles. The molecule has 4 heteroatoms. The molecule has 4 unspecified atom stereocenters. The first kappa shape index (κ1) is 12.7. The van der Waals surface area contributed by atoms with E-state index in [-0.39, 0.29) is 0 Å². The van der Waals surface area contributed by atoms with E-state index in [2.05, 4.69) is 42.4 Å². The Morgan fingerprint density at radius 3 is 2.56 bits per heavy atom. The third kappa shape index (κ3) is 2.40. The molecule has 94 valence electrons. The molecule has 0 radical (unpaired) electrons. The predicted molar refractivity (Wildman–Crippen MR) is 72.2 cm³/mol. The summed E-state index contributed by atoms with van der Waals surface area (Å²) >= 11 is 2.02. The molecule has 0 aromatic rings. The van der Waals surface area contributed by atoms with Crippen LogP contribution in [0.25, 0.3) is 0 Å². The Balaban J connectivity index is 1.96. The quantitative estimate of drug-likeness (QED) is 0.781. The maximum Gasteiger partial charge on any atom is 0.0352 e. The summed E-state index contributed by atoms with van der Waals surface area (Å²) in [5.74, 6) is 0.804. The van der Waals surface area contributed by atoms with Gasteiger partial charge in [-0.1, -0.05) is 6.92 Å². The van der Waals surface area contributed by atoms with Crippen molar-refractivity contribution in [2.75, 3.05) is 46.5 Å².